The molecule has 5 rings (SSSR count). The largest absolute Gasteiger partial charge is 0.382 e. The molecular formula is C21H28O3. The van der Waals surface area contributed by atoms with Gasteiger partial charge in [0.05, 0.1) is 0 Å². The van der Waals surface area contributed by atoms with Crippen LogP contribution in [0.4, 0.5) is 0 Å². The molecule has 1 spiro atoms. The third-order valence-corrected chi connectivity index (χ3v) is 9.16. The first-order valence-corrected chi connectivity index (χ1v) is 9.82. The minimum atomic E-state index is -1.11. The summed E-state index contributed by atoms with van der Waals surface area (Å²) in [5.74, 6) is 2.82. The lowest BCUT2D eigenvalue weighted by molar-refractivity contribution is -0.151. The second-order valence-corrected chi connectivity index (χ2v) is 9.53. The van der Waals surface area contributed by atoms with Crippen molar-refractivity contribution < 1.29 is 14.7 Å². The number of aliphatic hydroxyl groups is 1. The van der Waals surface area contributed by atoms with E-state index in [0.29, 0.717) is 41.3 Å². The van der Waals surface area contributed by atoms with Crippen LogP contribution in [0.15, 0.2) is 11.6 Å². The lowest BCUT2D eigenvalue weighted by atomic mass is 9.59. The Morgan fingerprint density at radius 2 is 1.88 bits per heavy atom. The minimum absolute atomic E-state index is 0.0301. The summed E-state index contributed by atoms with van der Waals surface area (Å²) in [6, 6.07) is 0. The van der Waals surface area contributed by atoms with Gasteiger partial charge in [-0.05, 0) is 87.0 Å². The van der Waals surface area contributed by atoms with Crippen LogP contribution < -0.4 is 0 Å². The quantitative estimate of drug-likeness (QED) is 0.802. The molecule has 0 saturated heterocycles. The van der Waals surface area contributed by atoms with Gasteiger partial charge in [0.15, 0.2) is 11.6 Å². The molecule has 0 bridgehead atoms. The summed E-state index contributed by atoms with van der Waals surface area (Å²) < 4.78 is 0. The average molecular weight is 328 g/mol. The molecule has 5 aliphatic rings. The first kappa shape index (κ1) is 15.3. The van der Waals surface area contributed by atoms with Crippen LogP contribution in [0.3, 0.4) is 0 Å². The van der Waals surface area contributed by atoms with Gasteiger partial charge in [-0.2, -0.15) is 0 Å². The number of carbonyl (C=O) groups excluding carboxylic acids is 2. The third kappa shape index (κ3) is 1.50. The van der Waals surface area contributed by atoms with Crippen molar-refractivity contribution in [3.05, 3.63) is 11.6 Å². The molecule has 0 aliphatic heterocycles. The van der Waals surface area contributed by atoms with E-state index >= 15 is 0 Å². The van der Waals surface area contributed by atoms with Crippen molar-refractivity contribution in [3.63, 3.8) is 0 Å². The maximum atomic E-state index is 12.3. The Hall–Kier alpha value is -0.960. The van der Waals surface area contributed by atoms with Crippen LogP contribution >= 0.6 is 0 Å². The molecular weight excluding hydrogens is 300 g/mol. The lowest BCUT2D eigenvalue weighted by Crippen LogP contribution is -2.51. The zero-order valence-corrected chi connectivity index (χ0v) is 14.8. The van der Waals surface area contributed by atoms with Gasteiger partial charge < -0.3 is 5.11 Å². The molecule has 3 heteroatoms. The zero-order valence-electron chi connectivity index (χ0n) is 14.8. The number of ketones is 2. The summed E-state index contributed by atoms with van der Waals surface area (Å²) in [6.07, 6.45) is 9.70. The van der Waals surface area contributed by atoms with E-state index in [9.17, 15) is 14.7 Å². The van der Waals surface area contributed by atoms with Crippen molar-refractivity contribution in [2.45, 2.75) is 70.8 Å². The molecule has 0 aromatic rings. The molecule has 1 unspecified atom stereocenters. The van der Waals surface area contributed by atoms with Crippen molar-refractivity contribution >= 4 is 11.6 Å². The molecule has 7 atom stereocenters. The van der Waals surface area contributed by atoms with Crippen LogP contribution in [0.1, 0.15) is 65.2 Å². The molecule has 24 heavy (non-hydrogen) atoms. The Bertz CT molecular complexity index is 679. The highest BCUT2D eigenvalue weighted by molar-refractivity contribution is 5.92. The van der Waals surface area contributed by atoms with Crippen molar-refractivity contribution in [2.24, 2.45) is 34.5 Å². The minimum Gasteiger partial charge on any atom is -0.382 e. The summed E-state index contributed by atoms with van der Waals surface area (Å²) in [7, 11) is 0. The van der Waals surface area contributed by atoms with Crippen molar-refractivity contribution in [1.29, 1.82) is 0 Å². The topological polar surface area (TPSA) is 54.4 Å². The predicted octanol–water partition coefficient (Wildman–Crippen LogP) is 3.45. The predicted molar refractivity (Wildman–Crippen MR) is 90.2 cm³/mol. The summed E-state index contributed by atoms with van der Waals surface area (Å²) in [4.78, 5) is 24.2. The molecule has 1 N–H and O–H groups in total. The first-order valence-electron chi connectivity index (χ1n) is 9.82. The van der Waals surface area contributed by atoms with Gasteiger partial charge in [0.1, 0.15) is 5.60 Å². The number of rotatable bonds is 1. The average Bonchev–Trinajstić information content (AvgIpc) is 3.15. The fourth-order valence-electron chi connectivity index (χ4n) is 8.01. The molecule has 0 radical (unpaired) electrons. The number of carbonyl (C=O) groups is 2. The van der Waals surface area contributed by atoms with E-state index in [-0.39, 0.29) is 11.2 Å². The molecule has 0 heterocycles. The first-order chi connectivity index (χ1) is 11.3. The molecule has 130 valence electrons. The number of hydrogen-bond acceptors (Lipinski definition) is 3. The molecule has 0 aromatic heterocycles. The number of hydrogen-bond donors (Lipinski definition) is 1. The monoisotopic (exact) mass is 328 g/mol. The van der Waals surface area contributed by atoms with Gasteiger partial charge in [-0.3, -0.25) is 9.59 Å². The van der Waals surface area contributed by atoms with E-state index in [1.165, 1.54) is 5.57 Å². The summed E-state index contributed by atoms with van der Waals surface area (Å²) in [5.41, 5.74) is 0.424. The van der Waals surface area contributed by atoms with Crippen LogP contribution in [0.5, 0.6) is 0 Å². The van der Waals surface area contributed by atoms with Crippen LogP contribution in [0, 0.1) is 34.5 Å². The van der Waals surface area contributed by atoms with E-state index in [1.54, 1.807) is 6.92 Å². The number of fused-ring (bicyclic) bond motifs is 2. The molecule has 5 aliphatic carbocycles. The van der Waals surface area contributed by atoms with Gasteiger partial charge in [0.2, 0.25) is 0 Å². The van der Waals surface area contributed by atoms with Crippen molar-refractivity contribution in [3.8, 4) is 0 Å². The highest BCUT2D eigenvalue weighted by Crippen LogP contribution is 2.79. The second-order valence-electron chi connectivity index (χ2n) is 9.53. The fraction of sp³-hybridized carbons (Fsp3) is 0.810. The standard InChI is InChI=1S/C21H28O3/c1-12(22)21(24)10-7-16-15-4-3-13-11-14(23)5-9-20(13)17(18(15)20)6-8-19(16,21)2/h11,15-18,24H,3-10H2,1-2H3/t15-,16-,17?,18+,19-,20-,21-/m0/s1. The molecule has 3 nitrogen and oxygen atoms in total. The number of Topliss-reactive ketones (excluding diaryl/α,β-unsaturated/α-hetero) is 1. The van der Waals surface area contributed by atoms with Gasteiger partial charge in [0, 0.05) is 11.8 Å². The summed E-state index contributed by atoms with van der Waals surface area (Å²) in [5, 5.41) is 11.2. The van der Waals surface area contributed by atoms with Gasteiger partial charge in [-0.1, -0.05) is 12.5 Å². The Morgan fingerprint density at radius 1 is 1.12 bits per heavy atom. The molecule has 4 saturated carbocycles. The van der Waals surface area contributed by atoms with E-state index in [1.807, 2.05) is 6.08 Å². The van der Waals surface area contributed by atoms with Gasteiger partial charge in [-0.15, -0.1) is 0 Å². The maximum Gasteiger partial charge on any atom is 0.161 e. The van der Waals surface area contributed by atoms with Gasteiger partial charge >= 0.3 is 0 Å². The third-order valence-electron chi connectivity index (χ3n) is 9.16. The zero-order chi connectivity index (χ0) is 16.9. The van der Waals surface area contributed by atoms with Crippen LogP contribution in [-0.4, -0.2) is 22.3 Å². The fourth-order valence-corrected chi connectivity index (χ4v) is 8.01. The highest BCUT2D eigenvalue weighted by atomic mass is 16.3. The Kier molecular flexibility index (Phi) is 2.81. The molecule has 4 fully saturated rings. The van der Waals surface area contributed by atoms with E-state index in [0.717, 1.165) is 44.9 Å². The number of allylic oxidation sites excluding steroid dienone is 2. The second kappa shape index (κ2) is 4.41. The molecule has 0 amide bonds. The maximum absolute atomic E-state index is 12.3. The van der Waals surface area contributed by atoms with E-state index in [4.69, 9.17) is 0 Å². The SMILES string of the molecule is CC(=O)[C@@]1(O)CC[C@H]2[C@@H]3CCC4=CC(=O)CC[C@@]45C(CC[C@@]21C)[C@@H]35. The van der Waals surface area contributed by atoms with Gasteiger partial charge in [0.25, 0.3) is 0 Å². The lowest BCUT2D eigenvalue weighted by Gasteiger charge is -2.46. The van der Waals surface area contributed by atoms with Crippen LogP contribution in [-0.2, 0) is 9.59 Å². The Labute approximate surface area is 143 Å². The van der Waals surface area contributed by atoms with E-state index < -0.39 is 5.60 Å². The normalized spacial score (nSPS) is 55.0. The smallest absolute Gasteiger partial charge is 0.161 e. The Morgan fingerprint density at radius 3 is 2.62 bits per heavy atom. The van der Waals surface area contributed by atoms with Crippen LogP contribution in [0.25, 0.3) is 0 Å². The van der Waals surface area contributed by atoms with Crippen molar-refractivity contribution in [2.75, 3.05) is 0 Å². The summed E-state index contributed by atoms with van der Waals surface area (Å²) >= 11 is 0. The van der Waals surface area contributed by atoms with E-state index in [2.05, 4.69) is 6.92 Å². The van der Waals surface area contributed by atoms with Gasteiger partial charge in [-0.25, -0.2) is 0 Å². The summed E-state index contributed by atoms with van der Waals surface area (Å²) in [6.45, 7) is 3.77. The molecule has 0 aromatic carbocycles. The van der Waals surface area contributed by atoms with Crippen molar-refractivity contribution in [1.82, 2.24) is 0 Å². The Balaban J connectivity index is 1.55. The van der Waals surface area contributed by atoms with Crippen LogP contribution in [0.2, 0.25) is 0 Å². The highest BCUT2D eigenvalue weighted by Gasteiger charge is 2.75.